The van der Waals surface area contributed by atoms with Gasteiger partial charge in [-0.25, -0.2) is 0 Å². The van der Waals surface area contributed by atoms with Crippen LogP contribution in [0.5, 0.6) is 11.5 Å². The predicted octanol–water partition coefficient (Wildman–Crippen LogP) is 3.86. The molecular formula is C20H21NO3. The Hall–Kier alpha value is -2.49. The van der Waals surface area contributed by atoms with Gasteiger partial charge in [0.25, 0.3) is 0 Å². The minimum Gasteiger partial charge on any atom is -0.507 e. The van der Waals surface area contributed by atoms with Crippen molar-refractivity contribution in [2.45, 2.75) is 39.0 Å². The third-order valence-electron chi connectivity index (χ3n) is 5.15. The molecular weight excluding hydrogens is 302 g/mol. The summed E-state index contributed by atoms with van der Waals surface area (Å²) in [5.41, 5.74) is 4.95. The van der Waals surface area contributed by atoms with Gasteiger partial charge in [-0.2, -0.15) is 0 Å². The first-order valence-corrected chi connectivity index (χ1v) is 8.50. The van der Waals surface area contributed by atoms with Crippen LogP contribution < -0.4 is 4.90 Å². The van der Waals surface area contributed by atoms with Crippen LogP contribution in [0.3, 0.4) is 0 Å². The van der Waals surface area contributed by atoms with Gasteiger partial charge < -0.3 is 15.1 Å². The number of phenols is 2. The molecule has 1 fully saturated rings. The van der Waals surface area contributed by atoms with Crippen molar-refractivity contribution >= 4 is 11.6 Å². The largest absolute Gasteiger partial charge is 0.507 e. The van der Waals surface area contributed by atoms with Gasteiger partial charge in [-0.05, 0) is 73.1 Å². The topological polar surface area (TPSA) is 60.8 Å². The van der Waals surface area contributed by atoms with Gasteiger partial charge in [-0.15, -0.1) is 0 Å². The van der Waals surface area contributed by atoms with Crippen LogP contribution in [-0.2, 0) is 11.2 Å². The monoisotopic (exact) mass is 323 g/mol. The number of amides is 1. The standard InChI is InChI=1S/C20H21NO3/c1-3-21-15-7-4-11(2)19(14(15)10-18(21)24)20-16(22)8-13(9-17(20)23)12-5-6-12/h4,7-9,12,22-23H,3,5-6,10H2,1-2H3. The average molecular weight is 323 g/mol. The van der Waals surface area contributed by atoms with E-state index in [1.165, 1.54) is 0 Å². The molecule has 4 heteroatoms. The Labute approximate surface area is 141 Å². The molecule has 2 aliphatic rings. The molecule has 1 aliphatic heterocycles. The molecule has 1 saturated carbocycles. The maximum Gasteiger partial charge on any atom is 0.231 e. The number of carbonyl (C=O) groups is 1. The van der Waals surface area contributed by atoms with E-state index in [4.69, 9.17) is 0 Å². The second-order valence-electron chi connectivity index (χ2n) is 6.78. The number of nitrogens with zero attached hydrogens (tertiary/aromatic N) is 1. The number of anilines is 1. The summed E-state index contributed by atoms with van der Waals surface area (Å²) in [4.78, 5) is 14.0. The van der Waals surface area contributed by atoms with Crippen molar-refractivity contribution < 1.29 is 15.0 Å². The van der Waals surface area contributed by atoms with Crippen molar-refractivity contribution in [3.05, 3.63) is 41.0 Å². The highest BCUT2D eigenvalue weighted by molar-refractivity contribution is 6.05. The lowest BCUT2D eigenvalue weighted by Crippen LogP contribution is -2.25. The zero-order valence-electron chi connectivity index (χ0n) is 14.0. The number of fused-ring (bicyclic) bond motifs is 1. The molecule has 24 heavy (non-hydrogen) atoms. The minimum absolute atomic E-state index is 0.0629. The maximum atomic E-state index is 12.3. The summed E-state index contributed by atoms with van der Waals surface area (Å²) in [6.07, 6.45) is 2.53. The number of aryl methyl sites for hydroxylation is 1. The first-order valence-electron chi connectivity index (χ1n) is 8.50. The van der Waals surface area contributed by atoms with E-state index in [0.29, 0.717) is 24.4 Å². The van der Waals surface area contributed by atoms with Crippen LogP contribution in [-0.4, -0.2) is 22.7 Å². The summed E-state index contributed by atoms with van der Waals surface area (Å²) in [7, 11) is 0. The van der Waals surface area contributed by atoms with Gasteiger partial charge >= 0.3 is 0 Å². The number of phenolic OH excluding ortho intramolecular Hbond substituents is 2. The first-order chi connectivity index (χ1) is 11.5. The average Bonchev–Trinajstić information content (AvgIpc) is 3.32. The molecule has 0 radical (unpaired) electrons. The second kappa shape index (κ2) is 5.26. The Balaban J connectivity index is 1.92. The van der Waals surface area contributed by atoms with Crippen molar-refractivity contribution in [1.82, 2.24) is 0 Å². The molecule has 4 rings (SSSR count). The highest BCUT2D eigenvalue weighted by Crippen LogP contribution is 2.49. The number of hydrogen-bond acceptors (Lipinski definition) is 3. The van der Waals surface area contributed by atoms with Crippen LogP contribution in [0, 0.1) is 6.92 Å². The van der Waals surface area contributed by atoms with Gasteiger partial charge in [0.2, 0.25) is 5.91 Å². The molecule has 4 nitrogen and oxygen atoms in total. The molecule has 124 valence electrons. The molecule has 0 saturated heterocycles. The second-order valence-corrected chi connectivity index (χ2v) is 6.78. The molecule has 0 bridgehead atoms. The number of benzene rings is 2. The summed E-state index contributed by atoms with van der Waals surface area (Å²) in [6, 6.07) is 7.43. The first kappa shape index (κ1) is 15.1. The lowest BCUT2D eigenvalue weighted by Gasteiger charge is -2.18. The summed E-state index contributed by atoms with van der Waals surface area (Å²) in [5, 5.41) is 21.2. The van der Waals surface area contributed by atoms with E-state index in [1.807, 2.05) is 26.0 Å². The van der Waals surface area contributed by atoms with Crippen LogP contribution in [0.2, 0.25) is 0 Å². The van der Waals surface area contributed by atoms with E-state index in [2.05, 4.69) is 0 Å². The summed E-state index contributed by atoms with van der Waals surface area (Å²) < 4.78 is 0. The Morgan fingerprint density at radius 3 is 2.38 bits per heavy atom. The number of likely N-dealkylation sites (N-methyl/N-ethyl adjacent to an activating group) is 1. The zero-order chi connectivity index (χ0) is 17.0. The Kier molecular flexibility index (Phi) is 3.30. The molecule has 0 atom stereocenters. The fourth-order valence-electron chi connectivity index (χ4n) is 3.80. The van der Waals surface area contributed by atoms with Gasteiger partial charge in [0.1, 0.15) is 11.5 Å². The van der Waals surface area contributed by atoms with Gasteiger partial charge in [-0.3, -0.25) is 4.79 Å². The van der Waals surface area contributed by atoms with Crippen LogP contribution >= 0.6 is 0 Å². The van der Waals surface area contributed by atoms with Crippen molar-refractivity contribution in [3.8, 4) is 22.6 Å². The third-order valence-corrected chi connectivity index (χ3v) is 5.15. The van der Waals surface area contributed by atoms with Gasteiger partial charge in [0.05, 0.1) is 12.0 Å². The highest BCUT2D eigenvalue weighted by atomic mass is 16.3. The van der Waals surface area contributed by atoms with Crippen molar-refractivity contribution in [1.29, 1.82) is 0 Å². The van der Waals surface area contributed by atoms with Gasteiger partial charge in [-0.1, -0.05) is 6.07 Å². The fourth-order valence-corrected chi connectivity index (χ4v) is 3.80. The molecule has 0 unspecified atom stereocenters. The van der Waals surface area contributed by atoms with Crippen molar-refractivity contribution in [2.75, 3.05) is 11.4 Å². The Morgan fingerprint density at radius 1 is 1.12 bits per heavy atom. The molecule has 1 amide bonds. The van der Waals surface area contributed by atoms with Crippen LogP contribution in [0.25, 0.3) is 11.1 Å². The molecule has 1 aliphatic carbocycles. The van der Waals surface area contributed by atoms with Crippen LogP contribution in [0.15, 0.2) is 24.3 Å². The number of rotatable bonds is 3. The Morgan fingerprint density at radius 2 is 1.79 bits per heavy atom. The fraction of sp³-hybridized carbons (Fsp3) is 0.350. The molecule has 1 heterocycles. The SMILES string of the molecule is CCN1C(=O)Cc2c1ccc(C)c2-c1c(O)cc(C2CC2)cc1O. The van der Waals surface area contributed by atoms with Gasteiger partial charge in [0.15, 0.2) is 0 Å². The predicted molar refractivity (Wildman–Crippen MR) is 93.7 cm³/mol. The van der Waals surface area contributed by atoms with Crippen molar-refractivity contribution in [3.63, 3.8) is 0 Å². The van der Waals surface area contributed by atoms with E-state index >= 15 is 0 Å². The smallest absolute Gasteiger partial charge is 0.231 e. The van der Waals surface area contributed by atoms with Crippen molar-refractivity contribution in [2.24, 2.45) is 0 Å². The van der Waals surface area contributed by atoms with Gasteiger partial charge in [0, 0.05) is 12.2 Å². The molecule has 0 aromatic heterocycles. The summed E-state index contributed by atoms with van der Waals surface area (Å²) in [5.74, 6) is 0.704. The lowest BCUT2D eigenvalue weighted by atomic mass is 9.91. The normalized spacial score (nSPS) is 16.6. The van der Waals surface area contributed by atoms with E-state index < -0.39 is 0 Å². The van der Waals surface area contributed by atoms with E-state index in [-0.39, 0.29) is 17.4 Å². The Bertz CT molecular complexity index is 829. The van der Waals surface area contributed by atoms with Crippen LogP contribution in [0.4, 0.5) is 5.69 Å². The number of hydrogen-bond donors (Lipinski definition) is 2. The lowest BCUT2D eigenvalue weighted by molar-refractivity contribution is -0.117. The third kappa shape index (κ3) is 2.17. The molecule has 2 N–H and O–H groups in total. The summed E-state index contributed by atoms with van der Waals surface area (Å²) in [6.45, 7) is 4.52. The molecule has 2 aromatic carbocycles. The van der Waals surface area contributed by atoms with Crippen LogP contribution in [0.1, 0.15) is 42.4 Å². The highest BCUT2D eigenvalue weighted by Gasteiger charge is 2.32. The summed E-state index contributed by atoms with van der Waals surface area (Å²) >= 11 is 0. The van der Waals surface area contributed by atoms with E-state index in [9.17, 15) is 15.0 Å². The quantitative estimate of drug-likeness (QED) is 0.901. The minimum atomic E-state index is 0.0629. The number of aromatic hydroxyl groups is 2. The van der Waals surface area contributed by atoms with E-state index in [1.54, 1.807) is 17.0 Å². The molecule has 0 spiro atoms. The number of carbonyl (C=O) groups excluding carboxylic acids is 1. The maximum absolute atomic E-state index is 12.3. The molecule has 2 aromatic rings. The zero-order valence-corrected chi connectivity index (χ0v) is 14.0. The van der Waals surface area contributed by atoms with E-state index in [0.717, 1.165) is 40.8 Å².